The Morgan fingerprint density at radius 1 is 1.31 bits per heavy atom. The van der Waals surface area contributed by atoms with Crippen molar-refractivity contribution in [3.8, 4) is 0 Å². The highest BCUT2D eigenvalue weighted by molar-refractivity contribution is 5.16. The van der Waals surface area contributed by atoms with Crippen LogP contribution < -0.4 is 0 Å². The van der Waals surface area contributed by atoms with Gasteiger partial charge in [-0.05, 0) is 31.5 Å². The molecule has 2 atom stereocenters. The van der Waals surface area contributed by atoms with Crippen molar-refractivity contribution < 1.29 is 9.13 Å². The Kier molecular flexibility index (Phi) is 3.56. The minimum absolute atomic E-state index is 0.160. The first-order chi connectivity index (χ1) is 7.63. The van der Waals surface area contributed by atoms with Crippen molar-refractivity contribution in [2.24, 2.45) is 0 Å². The van der Waals surface area contributed by atoms with E-state index in [-0.39, 0.29) is 18.0 Å². The lowest BCUT2D eigenvalue weighted by atomic mass is 10.1. The van der Waals surface area contributed by atoms with E-state index in [1.165, 1.54) is 6.07 Å². The van der Waals surface area contributed by atoms with Gasteiger partial charge < -0.3 is 4.74 Å². The molecule has 1 saturated heterocycles. The second-order valence-corrected chi connectivity index (χ2v) is 4.58. The summed E-state index contributed by atoms with van der Waals surface area (Å²) >= 11 is 0. The molecule has 1 aromatic rings. The summed E-state index contributed by atoms with van der Waals surface area (Å²) in [6.45, 7) is 6.79. The van der Waals surface area contributed by atoms with E-state index >= 15 is 0 Å². The molecule has 1 fully saturated rings. The van der Waals surface area contributed by atoms with Gasteiger partial charge in [0.05, 0.1) is 12.2 Å². The number of hydrogen-bond acceptors (Lipinski definition) is 2. The monoisotopic (exact) mass is 223 g/mol. The fourth-order valence-electron chi connectivity index (χ4n) is 2.31. The van der Waals surface area contributed by atoms with Gasteiger partial charge in [0.25, 0.3) is 0 Å². The third-order valence-electron chi connectivity index (χ3n) is 2.79. The molecule has 16 heavy (non-hydrogen) atoms. The van der Waals surface area contributed by atoms with Crippen molar-refractivity contribution in [1.29, 1.82) is 0 Å². The molecule has 0 bridgehead atoms. The third-order valence-corrected chi connectivity index (χ3v) is 2.79. The maximum atomic E-state index is 13.0. The molecule has 1 aromatic carbocycles. The van der Waals surface area contributed by atoms with Crippen LogP contribution in [0.15, 0.2) is 24.3 Å². The molecule has 0 aromatic heterocycles. The Bertz CT molecular complexity index is 346. The minimum Gasteiger partial charge on any atom is -0.373 e. The summed E-state index contributed by atoms with van der Waals surface area (Å²) in [5, 5.41) is 0. The Hall–Kier alpha value is -0.930. The molecule has 0 N–H and O–H groups in total. The van der Waals surface area contributed by atoms with Crippen LogP contribution in [0.5, 0.6) is 0 Å². The minimum atomic E-state index is -0.160. The zero-order valence-electron chi connectivity index (χ0n) is 9.82. The molecule has 0 unspecified atom stereocenters. The van der Waals surface area contributed by atoms with Gasteiger partial charge in [0.1, 0.15) is 5.82 Å². The van der Waals surface area contributed by atoms with E-state index in [2.05, 4.69) is 18.7 Å². The van der Waals surface area contributed by atoms with Crippen LogP contribution in [0, 0.1) is 5.82 Å². The highest BCUT2D eigenvalue weighted by Gasteiger charge is 2.21. The fourth-order valence-corrected chi connectivity index (χ4v) is 2.31. The molecular weight excluding hydrogens is 205 g/mol. The van der Waals surface area contributed by atoms with Crippen LogP contribution in [-0.4, -0.2) is 30.2 Å². The maximum Gasteiger partial charge on any atom is 0.123 e. The molecule has 3 heteroatoms. The van der Waals surface area contributed by atoms with E-state index in [9.17, 15) is 4.39 Å². The maximum absolute atomic E-state index is 13.0. The van der Waals surface area contributed by atoms with Gasteiger partial charge in [0.15, 0.2) is 0 Å². The van der Waals surface area contributed by atoms with Crippen LogP contribution in [0.2, 0.25) is 0 Å². The van der Waals surface area contributed by atoms with Crippen molar-refractivity contribution in [1.82, 2.24) is 4.90 Å². The molecule has 2 nitrogen and oxygen atoms in total. The van der Waals surface area contributed by atoms with Gasteiger partial charge in [-0.25, -0.2) is 4.39 Å². The van der Waals surface area contributed by atoms with E-state index in [1.807, 2.05) is 6.07 Å². The first kappa shape index (κ1) is 11.6. The molecule has 2 rings (SSSR count). The van der Waals surface area contributed by atoms with Crippen molar-refractivity contribution >= 4 is 0 Å². The smallest absolute Gasteiger partial charge is 0.123 e. The number of ether oxygens (including phenoxy) is 1. The van der Waals surface area contributed by atoms with E-state index in [0.29, 0.717) is 0 Å². The Labute approximate surface area is 96.0 Å². The summed E-state index contributed by atoms with van der Waals surface area (Å²) in [5.41, 5.74) is 1.03. The standard InChI is InChI=1S/C13H18FNO/c1-10-7-15(8-11(2)16-10)9-12-4-3-5-13(14)6-12/h3-6,10-11H,7-9H2,1-2H3/t10-,11-/m0/s1. The number of morpholine rings is 1. The second kappa shape index (κ2) is 4.93. The fraction of sp³-hybridized carbons (Fsp3) is 0.538. The lowest BCUT2D eigenvalue weighted by Gasteiger charge is -2.35. The Morgan fingerprint density at radius 3 is 2.62 bits per heavy atom. The molecule has 0 spiro atoms. The SMILES string of the molecule is C[C@H]1CN(Cc2cccc(F)c2)C[C@H](C)O1. The molecule has 0 amide bonds. The lowest BCUT2D eigenvalue weighted by Crippen LogP contribution is -2.44. The van der Waals surface area contributed by atoms with Crippen molar-refractivity contribution in [2.75, 3.05) is 13.1 Å². The van der Waals surface area contributed by atoms with Gasteiger partial charge in [-0.3, -0.25) is 4.90 Å². The largest absolute Gasteiger partial charge is 0.373 e. The molecule has 0 aliphatic carbocycles. The van der Waals surface area contributed by atoms with Crippen LogP contribution >= 0.6 is 0 Å². The molecular formula is C13H18FNO. The number of benzene rings is 1. The van der Waals surface area contributed by atoms with Crippen LogP contribution in [0.1, 0.15) is 19.4 Å². The highest BCUT2D eigenvalue weighted by Crippen LogP contribution is 2.14. The van der Waals surface area contributed by atoms with E-state index in [4.69, 9.17) is 4.74 Å². The van der Waals surface area contributed by atoms with Gasteiger partial charge in [-0.15, -0.1) is 0 Å². The molecule has 0 saturated carbocycles. The molecule has 1 aliphatic rings. The van der Waals surface area contributed by atoms with Crippen LogP contribution in [-0.2, 0) is 11.3 Å². The average Bonchev–Trinajstić information content (AvgIpc) is 2.15. The normalized spacial score (nSPS) is 26.9. The Morgan fingerprint density at radius 2 is 2.00 bits per heavy atom. The van der Waals surface area contributed by atoms with Crippen molar-refractivity contribution in [3.05, 3.63) is 35.6 Å². The second-order valence-electron chi connectivity index (χ2n) is 4.58. The summed E-state index contributed by atoms with van der Waals surface area (Å²) in [6.07, 6.45) is 0.523. The van der Waals surface area contributed by atoms with E-state index < -0.39 is 0 Å². The van der Waals surface area contributed by atoms with E-state index in [1.54, 1.807) is 12.1 Å². The summed E-state index contributed by atoms with van der Waals surface area (Å²) in [5.74, 6) is -0.160. The van der Waals surface area contributed by atoms with Gasteiger partial charge in [-0.2, -0.15) is 0 Å². The van der Waals surface area contributed by atoms with Gasteiger partial charge in [0.2, 0.25) is 0 Å². The van der Waals surface area contributed by atoms with Crippen LogP contribution in [0.4, 0.5) is 4.39 Å². The number of hydrogen-bond donors (Lipinski definition) is 0. The lowest BCUT2D eigenvalue weighted by molar-refractivity contribution is -0.0705. The van der Waals surface area contributed by atoms with Crippen molar-refractivity contribution in [3.63, 3.8) is 0 Å². The first-order valence-corrected chi connectivity index (χ1v) is 5.76. The summed E-state index contributed by atoms with van der Waals surface area (Å²) in [4.78, 5) is 2.31. The molecule has 1 heterocycles. The predicted molar refractivity (Wildman–Crippen MR) is 61.7 cm³/mol. The van der Waals surface area contributed by atoms with Gasteiger partial charge in [-0.1, -0.05) is 12.1 Å². The predicted octanol–water partition coefficient (Wildman–Crippen LogP) is 2.43. The van der Waals surface area contributed by atoms with E-state index in [0.717, 1.165) is 25.2 Å². The quantitative estimate of drug-likeness (QED) is 0.763. The molecule has 88 valence electrons. The van der Waals surface area contributed by atoms with Crippen LogP contribution in [0.3, 0.4) is 0 Å². The number of nitrogens with zero attached hydrogens (tertiary/aromatic N) is 1. The molecule has 1 aliphatic heterocycles. The number of halogens is 1. The highest BCUT2D eigenvalue weighted by atomic mass is 19.1. The first-order valence-electron chi connectivity index (χ1n) is 5.76. The molecule has 0 radical (unpaired) electrons. The van der Waals surface area contributed by atoms with Gasteiger partial charge in [0, 0.05) is 19.6 Å². The average molecular weight is 223 g/mol. The Balaban J connectivity index is 1.98. The summed E-state index contributed by atoms with van der Waals surface area (Å²) in [6, 6.07) is 6.81. The van der Waals surface area contributed by atoms with Gasteiger partial charge >= 0.3 is 0 Å². The summed E-state index contributed by atoms with van der Waals surface area (Å²) in [7, 11) is 0. The summed E-state index contributed by atoms with van der Waals surface area (Å²) < 4.78 is 18.7. The van der Waals surface area contributed by atoms with Crippen LogP contribution in [0.25, 0.3) is 0 Å². The topological polar surface area (TPSA) is 12.5 Å². The number of rotatable bonds is 2. The van der Waals surface area contributed by atoms with Crippen molar-refractivity contribution in [2.45, 2.75) is 32.6 Å². The third kappa shape index (κ3) is 3.03. The zero-order valence-corrected chi connectivity index (χ0v) is 9.82. The zero-order chi connectivity index (χ0) is 11.5.